The fourth-order valence-electron chi connectivity index (χ4n) is 1.89. The average Bonchev–Trinajstić information content (AvgIpc) is 2.46. The van der Waals surface area contributed by atoms with Gasteiger partial charge in [0.25, 0.3) is 0 Å². The number of ketones is 1. The van der Waals surface area contributed by atoms with Crippen LogP contribution < -0.4 is 9.47 Å². The molecule has 1 aromatic carbocycles. The highest BCUT2D eigenvalue weighted by molar-refractivity contribution is 9.10. The zero-order chi connectivity index (χ0) is 15.4. The van der Waals surface area contributed by atoms with Crippen LogP contribution in [0.4, 0.5) is 0 Å². The molecule has 1 heterocycles. The Balaban J connectivity index is 2.36. The van der Waals surface area contributed by atoms with Crippen LogP contribution >= 0.6 is 15.9 Å². The summed E-state index contributed by atoms with van der Waals surface area (Å²) in [5.74, 6) is 0.942. The van der Waals surface area contributed by atoms with Gasteiger partial charge in [-0.2, -0.15) is 0 Å². The first-order valence-electron chi connectivity index (χ1n) is 6.51. The van der Waals surface area contributed by atoms with E-state index in [1.165, 1.54) is 13.3 Å². The first kappa shape index (κ1) is 15.5. The van der Waals surface area contributed by atoms with E-state index in [0.717, 1.165) is 4.47 Å². The van der Waals surface area contributed by atoms with Gasteiger partial charge in [-0.3, -0.25) is 9.78 Å². The quantitative estimate of drug-likeness (QED) is 0.768. The molecule has 0 spiro atoms. The molecule has 5 heteroatoms. The summed E-state index contributed by atoms with van der Waals surface area (Å²) in [4.78, 5) is 16.6. The summed E-state index contributed by atoms with van der Waals surface area (Å²) in [6, 6.07) is 6.98. The lowest BCUT2D eigenvalue weighted by molar-refractivity contribution is 0.103. The maximum atomic E-state index is 12.6. The number of nitrogens with zero attached hydrogens (tertiary/aromatic N) is 1. The highest BCUT2D eigenvalue weighted by Gasteiger charge is 2.16. The second-order valence-electron chi connectivity index (χ2n) is 4.75. The normalized spacial score (nSPS) is 10.5. The van der Waals surface area contributed by atoms with Crippen molar-refractivity contribution in [2.45, 2.75) is 20.0 Å². The topological polar surface area (TPSA) is 48.4 Å². The minimum absolute atomic E-state index is 0.0272. The van der Waals surface area contributed by atoms with Gasteiger partial charge in [-0.15, -0.1) is 0 Å². The van der Waals surface area contributed by atoms with Gasteiger partial charge < -0.3 is 9.47 Å². The summed E-state index contributed by atoms with van der Waals surface area (Å²) in [7, 11) is 1.54. The molecule has 0 fully saturated rings. The SMILES string of the molecule is COc1cc(Br)ccc1C(=O)c1cncc(OC(C)C)c1. The van der Waals surface area contributed by atoms with E-state index in [1.54, 1.807) is 30.5 Å². The van der Waals surface area contributed by atoms with Crippen LogP contribution in [0.3, 0.4) is 0 Å². The number of carbonyl (C=O) groups is 1. The second kappa shape index (κ2) is 6.72. The Morgan fingerprint density at radius 2 is 2.00 bits per heavy atom. The second-order valence-corrected chi connectivity index (χ2v) is 5.67. The van der Waals surface area contributed by atoms with Gasteiger partial charge in [0, 0.05) is 16.2 Å². The molecule has 0 atom stereocenters. The number of carbonyl (C=O) groups excluding carboxylic acids is 1. The Bertz CT molecular complexity index is 656. The van der Waals surface area contributed by atoms with Crippen molar-refractivity contribution >= 4 is 21.7 Å². The lowest BCUT2D eigenvalue weighted by Crippen LogP contribution is -2.08. The molecule has 0 aliphatic heterocycles. The Morgan fingerprint density at radius 3 is 2.67 bits per heavy atom. The van der Waals surface area contributed by atoms with Crippen molar-refractivity contribution in [2.75, 3.05) is 7.11 Å². The standard InChI is InChI=1S/C16H16BrNO3/c1-10(2)21-13-6-11(8-18-9-13)16(19)14-5-4-12(17)7-15(14)20-3/h4-10H,1-3H3. The van der Waals surface area contributed by atoms with Crippen LogP contribution in [0, 0.1) is 0 Å². The summed E-state index contributed by atoms with van der Waals surface area (Å²) < 4.78 is 11.7. The number of hydrogen-bond acceptors (Lipinski definition) is 4. The van der Waals surface area contributed by atoms with Gasteiger partial charge in [0.2, 0.25) is 0 Å². The van der Waals surface area contributed by atoms with Gasteiger partial charge >= 0.3 is 0 Å². The van der Waals surface area contributed by atoms with E-state index in [0.29, 0.717) is 22.6 Å². The molecule has 0 saturated heterocycles. The van der Waals surface area contributed by atoms with Crippen molar-refractivity contribution < 1.29 is 14.3 Å². The largest absolute Gasteiger partial charge is 0.496 e. The van der Waals surface area contributed by atoms with Crippen LogP contribution in [0.2, 0.25) is 0 Å². The molecule has 0 aliphatic rings. The van der Waals surface area contributed by atoms with Gasteiger partial charge in [0.1, 0.15) is 11.5 Å². The molecule has 2 aromatic rings. The fourth-order valence-corrected chi connectivity index (χ4v) is 2.23. The number of hydrogen-bond donors (Lipinski definition) is 0. The van der Waals surface area contributed by atoms with Crippen LogP contribution in [-0.4, -0.2) is 24.0 Å². The predicted octanol–water partition coefficient (Wildman–Crippen LogP) is 3.87. The molecule has 0 saturated carbocycles. The molecule has 2 rings (SSSR count). The number of rotatable bonds is 5. The smallest absolute Gasteiger partial charge is 0.198 e. The molecule has 0 amide bonds. The Morgan fingerprint density at radius 1 is 1.24 bits per heavy atom. The number of halogens is 1. The van der Waals surface area contributed by atoms with E-state index in [1.807, 2.05) is 13.8 Å². The summed E-state index contributed by atoms with van der Waals surface area (Å²) in [6.07, 6.45) is 3.14. The Kier molecular flexibility index (Phi) is 4.96. The third-order valence-corrected chi connectivity index (χ3v) is 3.25. The lowest BCUT2D eigenvalue weighted by Gasteiger charge is -2.11. The number of methoxy groups -OCH3 is 1. The molecule has 0 aliphatic carbocycles. The van der Waals surface area contributed by atoms with E-state index in [9.17, 15) is 4.79 Å². The predicted molar refractivity (Wildman–Crippen MR) is 84.1 cm³/mol. The highest BCUT2D eigenvalue weighted by atomic mass is 79.9. The monoisotopic (exact) mass is 349 g/mol. The van der Waals surface area contributed by atoms with Gasteiger partial charge in [-0.05, 0) is 38.1 Å². The molecule has 0 N–H and O–H groups in total. The molecular formula is C16H16BrNO3. The summed E-state index contributed by atoms with van der Waals surface area (Å²) in [5, 5.41) is 0. The number of pyridine rings is 1. The van der Waals surface area contributed by atoms with Crippen LogP contribution in [-0.2, 0) is 0 Å². The molecule has 1 aromatic heterocycles. The van der Waals surface area contributed by atoms with Crippen molar-refractivity contribution in [3.8, 4) is 11.5 Å². The summed E-state index contributed by atoms with van der Waals surface area (Å²) in [5.41, 5.74) is 0.956. The zero-order valence-electron chi connectivity index (χ0n) is 12.1. The van der Waals surface area contributed by atoms with Gasteiger partial charge in [-0.25, -0.2) is 0 Å². The highest BCUT2D eigenvalue weighted by Crippen LogP contribution is 2.26. The average molecular weight is 350 g/mol. The van der Waals surface area contributed by atoms with E-state index in [-0.39, 0.29) is 11.9 Å². The van der Waals surface area contributed by atoms with Crippen molar-refractivity contribution in [3.63, 3.8) is 0 Å². The number of ether oxygens (including phenoxy) is 2. The van der Waals surface area contributed by atoms with Crippen LogP contribution in [0.25, 0.3) is 0 Å². The van der Waals surface area contributed by atoms with E-state index >= 15 is 0 Å². The summed E-state index contributed by atoms with van der Waals surface area (Å²) >= 11 is 3.36. The zero-order valence-corrected chi connectivity index (χ0v) is 13.7. The first-order chi connectivity index (χ1) is 10.0. The molecule has 0 radical (unpaired) electrons. The van der Waals surface area contributed by atoms with Crippen molar-refractivity contribution in [2.24, 2.45) is 0 Å². The van der Waals surface area contributed by atoms with Crippen LogP contribution in [0.5, 0.6) is 11.5 Å². The van der Waals surface area contributed by atoms with Crippen LogP contribution in [0.1, 0.15) is 29.8 Å². The lowest BCUT2D eigenvalue weighted by atomic mass is 10.0. The van der Waals surface area contributed by atoms with E-state index in [2.05, 4.69) is 20.9 Å². The molecule has 0 unspecified atom stereocenters. The fraction of sp³-hybridized carbons (Fsp3) is 0.250. The maximum Gasteiger partial charge on any atom is 0.198 e. The van der Waals surface area contributed by atoms with Crippen LogP contribution in [0.15, 0.2) is 41.1 Å². The third kappa shape index (κ3) is 3.82. The van der Waals surface area contributed by atoms with Gasteiger partial charge in [0.05, 0.1) is 25.0 Å². The Labute approximate surface area is 132 Å². The molecule has 110 valence electrons. The summed E-state index contributed by atoms with van der Waals surface area (Å²) in [6.45, 7) is 3.85. The van der Waals surface area contributed by atoms with E-state index in [4.69, 9.17) is 9.47 Å². The minimum Gasteiger partial charge on any atom is -0.496 e. The molecule has 21 heavy (non-hydrogen) atoms. The Hall–Kier alpha value is -1.88. The molecular weight excluding hydrogens is 334 g/mol. The van der Waals surface area contributed by atoms with Crippen molar-refractivity contribution in [3.05, 3.63) is 52.3 Å². The third-order valence-electron chi connectivity index (χ3n) is 2.76. The molecule has 4 nitrogen and oxygen atoms in total. The maximum absolute atomic E-state index is 12.6. The van der Waals surface area contributed by atoms with Crippen molar-refractivity contribution in [1.82, 2.24) is 4.98 Å². The van der Waals surface area contributed by atoms with Gasteiger partial charge in [-0.1, -0.05) is 15.9 Å². The number of aromatic nitrogens is 1. The van der Waals surface area contributed by atoms with Crippen molar-refractivity contribution in [1.29, 1.82) is 0 Å². The molecule has 0 bridgehead atoms. The van der Waals surface area contributed by atoms with E-state index < -0.39 is 0 Å². The first-order valence-corrected chi connectivity index (χ1v) is 7.30. The minimum atomic E-state index is -0.152. The van der Waals surface area contributed by atoms with Gasteiger partial charge in [0.15, 0.2) is 5.78 Å². The number of benzene rings is 1.